The molecule has 1 aliphatic carbocycles. The zero-order chi connectivity index (χ0) is 37.6. The van der Waals surface area contributed by atoms with Crippen molar-refractivity contribution in [3.05, 3.63) is 60.4 Å². The molecule has 7 rings (SSSR count). The molecular formula is C39H48N8O6. The van der Waals surface area contributed by atoms with Crippen LogP contribution in [-0.2, 0) is 19.1 Å². The van der Waals surface area contributed by atoms with Gasteiger partial charge in [-0.3, -0.25) is 9.59 Å². The maximum absolute atomic E-state index is 13.8. The van der Waals surface area contributed by atoms with Gasteiger partial charge in [-0.2, -0.15) is 0 Å². The lowest BCUT2D eigenvalue weighted by Gasteiger charge is -2.31. The monoisotopic (exact) mass is 724 g/mol. The number of hydrogen-bond donors (Lipinski definition) is 4. The molecule has 2 aromatic carbocycles. The molecule has 3 aliphatic rings. The second-order valence-corrected chi connectivity index (χ2v) is 15.1. The van der Waals surface area contributed by atoms with E-state index in [1.165, 1.54) is 14.2 Å². The SMILES string of the molecule is COC(=O)N[C@H](C(=O)N1CCCC1c1ncc(-c2ccc3cc(-c4cnc(C5C[C@H]6C[C@H]6N5C(=O)[C@@H](NC(=O)OC)C(C)C)[nH]4)ccc3c2)[nH]1)C(C)C. The number of ether oxygens (including phenoxy) is 2. The number of rotatable bonds is 10. The number of benzene rings is 2. The number of piperidine rings is 1. The summed E-state index contributed by atoms with van der Waals surface area (Å²) in [5.41, 5.74) is 3.67. The molecule has 4 aromatic rings. The summed E-state index contributed by atoms with van der Waals surface area (Å²) in [4.78, 5) is 71.5. The number of nitrogens with one attached hydrogen (secondary N) is 4. The molecule has 2 aromatic heterocycles. The third-order valence-corrected chi connectivity index (χ3v) is 11.0. The number of carbonyl (C=O) groups excluding carboxylic acids is 4. The fourth-order valence-electron chi connectivity index (χ4n) is 7.96. The van der Waals surface area contributed by atoms with Gasteiger partial charge in [-0.05, 0) is 66.3 Å². The van der Waals surface area contributed by atoms with Crippen LogP contribution in [0.4, 0.5) is 9.59 Å². The molecule has 14 heteroatoms. The smallest absolute Gasteiger partial charge is 0.407 e. The van der Waals surface area contributed by atoms with Gasteiger partial charge >= 0.3 is 12.2 Å². The molecule has 6 atom stereocenters. The van der Waals surface area contributed by atoms with Gasteiger partial charge in [0.2, 0.25) is 11.8 Å². The standard InChI is InChI=1S/C39H48N8O6/c1-20(2)32(44-38(50)52-5)36(48)46-13-7-8-29(46)34-40-18-27(42-34)24-11-9-23-15-25(12-10-22(23)14-24)28-19-41-35(43-28)31-17-26-16-30(26)47(31)37(49)33(21(3)4)45-39(51)53-6/h9-12,14-15,18-21,26,29-33H,7-8,13,16-17H2,1-6H3,(H,40,42)(H,41,43)(H,44,50)(H,45,51)/t26-,29?,30-,31?,32+,33+/m1/s1. The topological polar surface area (TPSA) is 175 Å². The van der Waals surface area contributed by atoms with E-state index in [1.54, 1.807) is 6.20 Å². The van der Waals surface area contributed by atoms with Crippen molar-refractivity contribution in [1.82, 2.24) is 40.4 Å². The molecule has 280 valence electrons. The first kappa shape index (κ1) is 36.0. The highest BCUT2D eigenvalue weighted by Crippen LogP contribution is 2.53. The van der Waals surface area contributed by atoms with Gasteiger partial charge in [0.1, 0.15) is 23.7 Å². The van der Waals surface area contributed by atoms with E-state index in [2.05, 4.69) is 57.0 Å². The van der Waals surface area contributed by atoms with Crippen LogP contribution in [0.3, 0.4) is 0 Å². The number of imidazole rings is 2. The zero-order valence-corrected chi connectivity index (χ0v) is 31.0. The van der Waals surface area contributed by atoms with E-state index < -0.39 is 24.3 Å². The lowest BCUT2D eigenvalue weighted by molar-refractivity contribution is -0.137. The maximum Gasteiger partial charge on any atom is 0.407 e. The number of carbonyl (C=O) groups is 4. The number of fused-ring (bicyclic) bond motifs is 2. The average molecular weight is 725 g/mol. The Balaban J connectivity index is 1.06. The first-order chi connectivity index (χ1) is 25.5. The van der Waals surface area contributed by atoms with Crippen LogP contribution in [0.2, 0.25) is 0 Å². The molecule has 3 fully saturated rings. The largest absolute Gasteiger partial charge is 0.453 e. The molecule has 1 saturated carbocycles. The lowest BCUT2D eigenvalue weighted by atomic mass is 10.0. The van der Waals surface area contributed by atoms with Crippen LogP contribution >= 0.6 is 0 Å². The third-order valence-electron chi connectivity index (χ3n) is 11.0. The van der Waals surface area contributed by atoms with Crippen LogP contribution in [-0.4, -0.2) is 92.6 Å². The highest BCUT2D eigenvalue weighted by molar-refractivity contribution is 5.90. The van der Waals surface area contributed by atoms with Crippen molar-refractivity contribution >= 4 is 34.8 Å². The predicted molar refractivity (Wildman–Crippen MR) is 197 cm³/mol. The van der Waals surface area contributed by atoms with Crippen molar-refractivity contribution in [2.75, 3.05) is 20.8 Å². The van der Waals surface area contributed by atoms with Gasteiger partial charge in [0.15, 0.2) is 0 Å². The van der Waals surface area contributed by atoms with E-state index in [-0.39, 0.29) is 41.8 Å². The Morgan fingerprint density at radius 1 is 0.755 bits per heavy atom. The summed E-state index contributed by atoms with van der Waals surface area (Å²) in [5.74, 6) is 1.44. The summed E-state index contributed by atoms with van der Waals surface area (Å²) in [5, 5.41) is 7.54. The fourth-order valence-corrected chi connectivity index (χ4v) is 7.96. The molecule has 4 N–H and O–H groups in total. The number of nitrogens with zero attached hydrogens (tertiary/aromatic N) is 4. The molecule has 4 heterocycles. The molecule has 2 unspecified atom stereocenters. The molecule has 53 heavy (non-hydrogen) atoms. The summed E-state index contributed by atoms with van der Waals surface area (Å²) in [6.45, 7) is 8.22. The first-order valence-electron chi connectivity index (χ1n) is 18.4. The molecule has 0 radical (unpaired) electrons. The van der Waals surface area contributed by atoms with Crippen molar-refractivity contribution in [2.24, 2.45) is 17.8 Å². The molecule has 0 bridgehead atoms. The van der Waals surface area contributed by atoms with E-state index in [9.17, 15) is 19.2 Å². The van der Waals surface area contributed by atoms with Crippen LogP contribution < -0.4 is 10.6 Å². The highest BCUT2D eigenvalue weighted by atomic mass is 16.5. The van der Waals surface area contributed by atoms with Crippen LogP contribution in [0.25, 0.3) is 33.3 Å². The summed E-state index contributed by atoms with van der Waals surface area (Å²) in [6.07, 6.45) is 5.81. The highest BCUT2D eigenvalue weighted by Gasteiger charge is 2.56. The number of aromatic amines is 2. The van der Waals surface area contributed by atoms with Crippen molar-refractivity contribution < 1.29 is 28.7 Å². The second kappa shape index (κ2) is 14.6. The Morgan fingerprint density at radius 2 is 1.28 bits per heavy atom. The van der Waals surface area contributed by atoms with Gasteiger partial charge in [-0.15, -0.1) is 0 Å². The minimum Gasteiger partial charge on any atom is -0.453 e. The fraction of sp³-hybridized carbons (Fsp3) is 0.487. The predicted octanol–water partition coefficient (Wildman–Crippen LogP) is 5.71. The van der Waals surface area contributed by atoms with Crippen LogP contribution in [0.1, 0.15) is 77.1 Å². The van der Waals surface area contributed by atoms with Gasteiger partial charge in [-0.25, -0.2) is 19.6 Å². The number of hydrogen-bond acceptors (Lipinski definition) is 8. The van der Waals surface area contributed by atoms with Gasteiger partial charge in [-0.1, -0.05) is 52.0 Å². The summed E-state index contributed by atoms with van der Waals surface area (Å²) >= 11 is 0. The Hall–Kier alpha value is -5.40. The van der Waals surface area contributed by atoms with Gasteiger partial charge in [0, 0.05) is 23.7 Å². The van der Waals surface area contributed by atoms with E-state index in [1.807, 2.05) is 43.7 Å². The quantitative estimate of drug-likeness (QED) is 0.161. The van der Waals surface area contributed by atoms with Crippen molar-refractivity contribution in [3.8, 4) is 22.5 Å². The average Bonchev–Trinajstić information content (AvgIpc) is 3.70. The number of methoxy groups -OCH3 is 2. The zero-order valence-electron chi connectivity index (χ0n) is 31.0. The summed E-state index contributed by atoms with van der Waals surface area (Å²) < 4.78 is 9.55. The van der Waals surface area contributed by atoms with Crippen LogP contribution in [0.5, 0.6) is 0 Å². The van der Waals surface area contributed by atoms with Crippen LogP contribution in [0.15, 0.2) is 48.8 Å². The number of H-pyrrole nitrogens is 2. The lowest BCUT2D eigenvalue weighted by Crippen LogP contribution is -2.52. The normalized spacial score (nSPS) is 21.8. The van der Waals surface area contributed by atoms with E-state index in [4.69, 9.17) is 19.4 Å². The number of likely N-dealkylation sites (tertiary alicyclic amines) is 2. The van der Waals surface area contributed by atoms with Crippen LogP contribution in [0, 0.1) is 17.8 Å². The minimum atomic E-state index is -0.692. The summed E-state index contributed by atoms with van der Waals surface area (Å²) in [6, 6.07) is 10.9. The molecular weight excluding hydrogens is 676 g/mol. The van der Waals surface area contributed by atoms with Crippen molar-refractivity contribution in [3.63, 3.8) is 0 Å². The molecule has 2 saturated heterocycles. The van der Waals surface area contributed by atoms with Crippen molar-refractivity contribution in [1.29, 1.82) is 0 Å². The summed E-state index contributed by atoms with van der Waals surface area (Å²) in [7, 11) is 2.59. The number of aromatic nitrogens is 4. The first-order valence-corrected chi connectivity index (χ1v) is 18.4. The Kier molecular flexibility index (Phi) is 9.88. The molecule has 14 nitrogen and oxygen atoms in total. The second-order valence-electron chi connectivity index (χ2n) is 15.1. The van der Waals surface area contributed by atoms with Gasteiger partial charge in [0.05, 0.1) is 50.1 Å². The Bertz CT molecular complexity index is 2020. The van der Waals surface area contributed by atoms with Gasteiger partial charge in [0.25, 0.3) is 0 Å². The maximum atomic E-state index is 13.8. The number of amides is 4. The van der Waals surface area contributed by atoms with Gasteiger partial charge < -0.3 is 39.9 Å². The Labute approximate surface area is 308 Å². The van der Waals surface area contributed by atoms with E-state index in [0.29, 0.717) is 12.5 Å². The third kappa shape index (κ3) is 7.06. The molecule has 2 aliphatic heterocycles. The van der Waals surface area contributed by atoms with E-state index in [0.717, 1.165) is 70.6 Å². The number of alkyl carbamates (subject to hydrolysis) is 2. The molecule has 0 spiro atoms. The van der Waals surface area contributed by atoms with Crippen molar-refractivity contribution in [2.45, 2.75) is 83.6 Å². The molecule has 4 amide bonds. The van der Waals surface area contributed by atoms with E-state index >= 15 is 0 Å². The minimum absolute atomic E-state index is 0.102. The Morgan fingerprint density at radius 3 is 1.81 bits per heavy atom.